The lowest BCUT2D eigenvalue weighted by atomic mass is 10.0. The number of nitrogen functional groups attached to an aromatic ring is 1. The highest BCUT2D eigenvalue weighted by molar-refractivity contribution is 14.1. The molecule has 1 fully saturated rings. The number of halogens is 1. The van der Waals surface area contributed by atoms with Gasteiger partial charge in [-0.15, -0.1) is 0 Å². The fourth-order valence-electron chi connectivity index (χ4n) is 2.28. The van der Waals surface area contributed by atoms with Crippen LogP contribution in [0.2, 0.25) is 0 Å². The highest BCUT2D eigenvalue weighted by Gasteiger charge is 2.45. The first-order chi connectivity index (χ1) is 8.62. The lowest BCUT2D eigenvalue weighted by Crippen LogP contribution is -2.63. The molecule has 7 heteroatoms. The predicted octanol–water partition coefficient (Wildman–Crippen LogP) is 1.10. The molecule has 1 amide bonds. The number of hydrogen-bond acceptors (Lipinski definition) is 4. The van der Waals surface area contributed by atoms with Gasteiger partial charge < -0.3 is 11.1 Å². The Morgan fingerprint density at radius 2 is 2.00 bits per heavy atom. The van der Waals surface area contributed by atoms with Crippen molar-refractivity contribution in [1.82, 2.24) is 5.32 Å². The fraction of sp³-hybridized carbons (Fsp3) is 0.417. The summed E-state index contributed by atoms with van der Waals surface area (Å²) in [6.07, 6.45) is 0. The molecule has 0 saturated carbocycles. The van der Waals surface area contributed by atoms with E-state index in [0.29, 0.717) is 11.3 Å². The molecule has 1 saturated heterocycles. The van der Waals surface area contributed by atoms with Crippen LogP contribution in [0.25, 0.3) is 0 Å². The Balaban J connectivity index is 2.22. The number of sulfone groups is 1. The topological polar surface area (TPSA) is 89.3 Å². The molecule has 1 aliphatic rings. The maximum Gasteiger partial charge on any atom is 0.253 e. The van der Waals surface area contributed by atoms with Crippen LogP contribution in [0, 0.1) is 10.5 Å². The highest BCUT2D eigenvalue weighted by Crippen LogP contribution is 2.25. The van der Waals surface area contributed by atoms with Crippen molar-refractivity contribution in [3.8, 4) is 0 Å². The summed E-state index contributed by atoms with van der Waals surface area (Å²) < 4.78 is 23.4. The van der Waals surface area contributed by atoms with E-state index in [1.54, 1.807) is 13.0 Å². The van der Waals surface area contributed by atoms with Crippen molar-refractivity contribution in [2.24, 2.45) is 0 Å². The van der Waals surface area contributed by atoms with Crippen LogP contribution in [0.15, 0.2) is 12.1 Å². The normalized spacial score (nSPS) is 19.5. The standard InChI is InChI=1S/C12H15IN2O3S/c1-7-3-8(13)4-9(10(7)14)11(16)15-12(2)5-19(17,18)6-12/h3-4H,5-6,14H2,1-2H3,(H,15,16). The summed E-state index contributed by atoms with van der Waals surface area (Å²) in [5.41, 5.74) is 6.89. The number of aryl methyl sites for hydroxylation is 1. The smallest absolute Gasteiger partial charge is 0.253 e. The summed E-state index contributed by atoms with van der Waals surface area (Å²) in [5, 5.41) is 2.76. The van der Waals surface area contributed by atoms with Crippen LogP contribution in [-0.4, -0.2) is 31.4 Å². The SMILES string of the molecule is Cc1cc(I)cc(C(=O)NC2(C)CS(=O)(=O)C2)c1N. The molecule has 0 atom stereocenters. The van der Waals surface area contributed by atoms with Crippen LogP contribution in [0.5, 0.6) is 0 Å². The number of benzene rings is 1. The van der Waals surface area contributed by atoms with Crippen molar-refractivity contribution in [1.29, 1.82) is 0 Å². The minimum Gasteiger partial charge on any atom is -0.398 e. The summed E-state index contributed by atoms with van der Waals surface area (Å²) in [4.78, 5) is 12.2. The molecule has 1 aromatic carbocycles. The zero-order valence-corrected chi connectivity index (χ0v) is 13.6. The van der Waals surface area contributed by atoms with E-state index in [9.17, 15) is 13.2 Å². The molecule has 19 heavy (non-hydrogen) atoms. The van der Waals surface area contributed by atoms with Crippen molar-refractivity contribution < 1.29 is 13.2 Å². The average Bonchev–Trinajstić information content (AvgIpc) is 2.19. The molecule has 1 aromatic rings. The van der Waals surface area contributed by atoms with E-state index in [4.69, 9.17) is 5.73 Å². The van der Waals surface area contributed by atoms with Crippen molar-refractivity contribution in [3.05, 3.63) is 26.8 Å². The second-order valence-corrected chi connectivity index (χ2v) is 8.54. The molecule has 104 valence electrons. The first kappa shape index (κ1) is 14.6. The minimum absolute atomic E-state index is 0.0193. The van der Waals surface area contributed by atoms with Gasteiger partial charge in [0.25, 0.3) is 5.91 Å². The Hall–Kier alpha value is -0.830. The number of anilines is 1. The Morgan fingerprint density at radius 3 is 2.53 bits per heavy atom. The number of nitrogens with two attached hydrogens (primary N) is 1. The molecule has 3 N–H and O–H groups in total. The first-order valence-corrected chi connectivity index (χ1v) is 8.60. The number of rotatable bonds is 2. The van der Waals surface area contributed by atoms with E-state index < -0.39 is 15.4 Å². The maximum atomic E-state index is 12.2. The minimum atomic E-state index is -2.99. The van der Waals surface area contributed by atoms with Gasteiger partial charge in [-0.2, -0.15) is 0 Å². The largest absolute Gasteiger partial charge is 0.398 e. The van der Waals surface area contributed by atoms with Gasteiger partial charge in [-0.3, -0.25) is 4.79 Å². The molecule has 2 rings (SSSR count). The van der Waals surface area contributed by atoms with E-state index in [2.05, 4.69) is 27.9 Å². The lowest BCUT2D eigenvalue weighted by molar-refractivity contribution is 0.0917. The monoisotopic (exact) mass is 394 g/mol. The van der Waals surface area contributed by atoms with Gasteiger partial charge in [0.2, 0.25) is 0 Å². The van der Waals surface area contributed by atoms with Crippen LogP contribution in [-0.2, 0) is 9.84 Å². The van der Waals surface area contributed by atoms with Gasteiger partial charge in [0, 0.05) is 9.26 Å². The van der Waals surface area contributed by atoms with E-state index in [1.807, 2.05) is 13.0 Å². The average molecular weight is 394 g/mol. The Kier molecular flexibility index (Phi) is 3.54. The molecule has 0 bridgehead atoms. The summed E-state index contributed by atoms with van der Waals surface area (Å²) >= 11 is 2.12. The van der Waals surface area contributed by atoms with E-state index >= 15 is 0 Å². The molecule has 1 aliphatic heterocycles. The number of carbonyl (C=O) groups excluding carboxylic acids is 1. The number of hydrogen-bond donors (Lipinski definition) is 2. The van der Waals surface area contributed by atoms with Gasteiger partial charge in [-0.25, -0.2) is 8.42 Å². The highest BCUT2D eigenvalue weighted by atomic mass is 127. The van der Waals surface area contributed by atoms with Crippen LogP contribution < -0.4 is 11.1 Å². The van der Waals surface area contributed by atoms with E-state index in [1.165, 1.54) is 0 Å². The van der Waals surface area contributed by atoms with Crippen molar-refractivity contribution in [2.45, 2.75) is 19.4 Å². The number of carbonyl (C=O) groups is 1. The molecule has 0 radical (unpaired) electrons. The van der Waals surface area contributed by atoms with Gasteiger partial charge >= 0.3 is 0 Å². The predicted molar refractivity (Wildman–Crippen MR) is 82.8 cm³/mol. The van der Waals surface area contributed by atoms with E-state index in [0.717, 1.165) is 9.13 Å². The van der Waals surface area contributed by atoms with Crippen LogP contribution in [0.3, 0.4) is 0 Å². The molecule has 5 nitrogen and oxygen atoms in total. The van der Waals surface area contributed by atoms with E-state index in [-0.39, 0.29) is 17.4 Å². The van der Waals surface area contributed by atoms with Crippen LogP contribution in [0.1, 0.15) is 22.8 Å². The Morgan fingerprint density at radius 1 is 1.42 bits per heavy atom. The number of amides is 1. The zero-order chi connectivity index (χ0) is 14.4. The third-order valence-electron chi connectivity index (χ3n) is 3.09. The van der Waals surface area contributed by atoms with Crippen molar-refractivity contribution in [3.63, 3.8) is 0 Å². The molecule has 0 aromatic heterocycles. The van der Waals surface area contributed by atoms with Gasteiger partial charge in [0.1, 0.15) is 0 Å². The Bertz CT molecular complexity index is 643. The maximum absolute atomic E-state index is 12.2. The molecule has 1 heterocycles. The van der Waals surface area contributed by atoms with Gasteiger partial charge in [0.05, 0.1) is 22.6 Å². The second kappa shape index (κ2) is 4.62. The second-order valence-electron chi connectivity index (χ2n) is 5.23. The summed E-state index contributed by atoms with van der Waals surface area (Å²) in [5.74, 6) is -0.361. The zero-order valence-electron chi connectivity index (χ0n) is 10.7. The van der Waals surface area contributed by atoms with Gasteiger partial charge in [0.15, 0.2) is 9.84 Å². The third-order valence-corrected chi connectivity index (χ3v) is 5.87. The van der Waals surface area contributed by atoms with Crippen LogP contribution in [0.4, 0.5) is 5.69 Å². The summed E-state index contributed by atoms with van der Waals surface area (Å²) in [6, 6.07) is 3.59. The van der Waals surface area contributed by atoms with Crippen molar-refractivity contribution >= 4 is 44.0 Å². The summed E-state index contributed by atoms with van der Waals surface area (Å²) in [6.45, 7) is 3.56. The Labute approximate surface area is 126 Å². The molecular formula is C12H15IN2O3S. The first-order valence-electron chi connectivity index (χ1n) is 5.70. The van der Waals surface area contributed by atoms with Crippen molar-refractivity contribution in [2.75, 3.05) is 17.2 Å². The van der Waals surface area contributed by atoms with Crippen LogP contribution >= 0.6 is 22.6 Å². The molecule has 0 unspecified atom stereocenters. The lowest BCUT2D eigenvalue weighted by Gasteiger charge is -2.38. The summed E-state index contributed by atoms with van der Waals surface area (Å²) in [7, 11) is -2.99. The van der Waals surface area contributed by atoms with Gasteiger partial charge in [-0.05, 0) is 54.1 Å². The molecule has 0 spiro atoms. The molecular weight excluding hydrogens is 379 g/mol. The van der Waals surface area contributed by atoms with Gasteiger partial charge in [-0.1, -0.05) is 0 Å². The number of nitrogens with one attached hydrogen (secondary N) is 1. The third kappa shape index (κ3) is 3.02. The quantitative estimate of drug-likeness (QED) is 0.581. The fourth-order valence-corrected chi connectivity index (χ4v) is 5.06. The molecule has 0 aliphatic carbocycles.